The van der Waals surface area contributed by atoms with Gasteiger partial charge >= 0.3 is 5.97 Å². The first-order valence-corrected chi connectivity index (χ1v) is 4.97. The van der Waals surface area contributed by atoms with E-state index in [-0.39, 0.29) is 10.3 Å². The number of aromatic carboxylic acids is 1. The van der Waals surface area contributed by atoms with Crippen LogP contribution in [0.5, 0.6) is 0 Å². The van der Waals surface area contributed by atoms with Crippen LogP contribution < -0.4 is 0 Å². The zero-order valence-corrected chi connectivity index (χ0v) is 8.99. The number of carbonyl (C=O) groups is 1. The number of aromatic nitrogens is 2. The average Bonchev–Trinajstić information content (AvgIpc) is 2.29. The van der Waals surface area contributed by atoms with E-state index in [2.05, 4.69) is 9.97 Å². The molecule has 0 radical (unpaired) electrons. The highest BCUT2D eigenvalue weighted by molar-refractivity contribution is 7.71. The third-order valence-electron chi connectivity index (χ3n) is 2.11. The normalized spacial score (nSPS) is 10.0. The molecule has 2 N–H and O–H groups in total. The number of nitrogens with one attached hydrogen (secondary N) is 1. The molecule has 1 aromatic carbocycles. The van der Waals surface area contributed by atoms with Gasteiger partial charge in [0.1, 0.15) is 5.56 Å². The van der Waals surface area contributed by atoms with Crippen molar-refractivity contribution in [2.45, 2.75) is 0 Å². The quantitative estimate of drug-likeness (QED) is 0.781. The largest absolute Gasteiger partial charge is 0.478 e. The van der Waals surface area contributed by atoms with E-state index in [1.54, 1.807) is 0 Å². The number of hydrogen-bond donors (Lipinski definition) is 2. The number of benzene rings is 1. The Bertz CT molecular complexity index is 578. The maximum atomic E-state index is 11.0. The van der Waals surface area contributed by atoms with Crippen molar-refractivity contribution in [2.75, 3.05) is 0 Å². The Hall–Kier alpha value is -2.01. The minimum Gasteiger partial charge on any atom is -0.478 e. The third-order valence-corrected chi connectivity index (χ3v) is 2.31. The summed E-state index contributed by atoms with van der Waals surface area (Å²) >= 11 is 4.89. The Labute approximate surface area is 96.6 Å². The van der Waals surface area contributed by atoms with Gasteiger partial charge in [-0.05, 0) is 17.8 Å². The summed E-state index contributed by atoms with van der Waals surface area (Å²) in [4.78, 5) is 17.6. The molecule has 0 amide bonds. The van der Waals surface area contributed by atoms with Gasteiger partial charge in [-0.1, -0.05) is 30.3 Å². The van der Waals surface area contributed by atoms with Crippen molar-refractivity contribution in [3.05, 3.63) is 46.9 Å². The molecule has 0 spiro atoms. The van der Waals surface area contributed by atoms with Crippen LogP contribution in [0.15, 0.2) is 36.5 Å². The number of nitrogens with zero attached hydrogens (tertiary/aromatic N) is 1. The molecule has 2 aromatic rings. The molecule has 0 fully saturated rings. The van der Waals surface area contributed by atoms with E-state index < -0.39 is 5.97 Å². The van der Waals surface area contributed by atoms with Crippen LogP contribution in [0.4, 0.5) is 0 Å². The third kappa shape index (κ3) is 1.99. The highest BCUT2D eigenvalue weighted by Gasteiger charge is 2.12. The van der Waals surface area contributed by atoms with Gasteiger partial charge in [0.15, 0.2) is 4.77 Å². The average molecular weight is 232 g/mol. The molecule has 1 aromatic heterocycles. The van der Waals surface area contributed by atoms with Gasteiger partial charge in [0.05, 0.1) is 5.69 Å². The fourth-order valence-electron chi connectivity index (χ4n) is 1.39. The van der Waals surface area contributed by atoms with Crippen LogP contribution >= 0.6 is 12.2 Å². The summed E-state index contributed by atoms with van der Waals surface area (Å²) < 4.78 is 0.267. The van der Waals surface area contributed by atoms with Gasteiger partial charge in [-0.15, -0.1) is 0 Å². The first-order valence-electron chi connectivity index (χ1n) is 4.56. The van der Waals surface area contributed by atoms with Crippen LogP contribution in [-0.2, 0) is 0 Å². The number of aromatic amines is 1. The summed E-state index contributed by atoms with van der Waals surface area (Å²) in [7, 11) is 0. The standard InChI is InChI=1S/C11H8N2O2S/c14-10(15)8-6-12-11(16)13-9(8)7-4-2-1-3-5-7/h1-6H,(H,14,15)(H,12,13,16). The van der Waals surface area contributed by atoms with Crippen LogP contribution in [0.3, 0.4) is 0 Å². The second-order valence-corrected chi connectivity index (χ2v) is 3.53. The Balaban J connectivity index is 2.68. The summed E-state index contributed by atoms with van der Waals surface area (Å²) in [6, 6.07) is 9.15. The van der Waals surface area contributed by atoms with E-state index in [0.717, 1.165) is 5.56 Å². The molecule has 80 valence electrons. The molecular formula is C11H8N2O2S. The summed E-state index contributed by atoms with van der Waals surface area (Å²) in [5.74, 6) is -1.03. The number of hydrogen-bond acceptors (Lipinski definition) is 3. The fraction of sp³-hybridized carbons (Fsp3) is 0. The van der Waals surface area contributed by atoms with Crippen molar-refractivity contribution in [1.82, 2.24) is 9.97 Å². The minimum absolute atomic E-state index is 0.111. The lowest BCUT2D eigenvalue weighted by Crippen LogP contribution is -2.03. The fourth-order valence-corrected chi connectivity index (χ4v) is 1.54. The van der Waals surface area contributed by atoms with Crippen molar-refractivity contribution in [3.63, 3.8) is 0 Å². The molecule has 0 saturated carbocycles. The van der Waals surface area contributed by atoms with Gasteiger partial charge in [-0.3, -0.25) is 0 Å². The van der Waals surface area contributed by atoms with E-state index in [0.29, 0.717) is 5.69 Å². The highest BCUT2D eigenvalue weighted by Crippen LogP contribution is 2.20. The summed E-state index contributed by atoms with van der Waals surface area (Å²) in [6.07, 6.45) is 1.27. The van der Waals surface area contributed by atoms with Gasteiger partial charge in [0.25, 0.3) is 0 Å². The molecule has 16 heavy (non-hydrogen) atoms. The molecule has 1 heterocycles. The van der Waals surface area contributed by atoms with Crippen LogP contribution in [0, 0.1) is 4.77 Å². The van der Waals surface area contributed by atoms with Gasteiger partial charge in [-0.2, -0.15) is 0 Å². The van der Waals surface area contributed by atoms with Crippen molar-refractivity contribution < 1.29 is 9.90 Å². The van der Waals surface area contributed by atoms with Crippen molar-refractivity contribution in [3.8, 4) is 11.3 Å². The van der Waals surface area contributed by atoms with Gasteiger partial charge in [-0.25, -0.2) is 9.78 Å². The molecule has 0 aliphatic heterocycles. The molecule has 0 unspecified atom stereocenters. The number of carboxylic acid groups (broad SMARTS) is 1. The molecule has 5 heteroatoms. The molecule has 0 saturated heterocycles. The highest BCUT2D eigenvalue weighted by atomic mass is 32.1. The predicted molar refractivity (Wildman–Crippen MR) is 61.8 cm³/mol. The number of carboxylic acids is 1. The van der Waals surface area contributed by atoms with E-state index in [1.807, 2.05) is 30.3 Å². The number of H-pyrrole nitrogens is 1. The SMILES string of the molecule is O=C(O)c1cnc(=S)[nH]c1-c1ccccc1. The molecular weight excluding hydrogens is 224 g/mol. The van der Waals surface area contributed by atoms with Gasteiger partial charge in [0, 0.05) is 6.20 Å². The van der Waals surface area contributed by atoms with Crippen molar-refractivity contribution in [2.24, 2.45) is 0 Å². The molecule has 0 aliphatic carbocycles. The molecule has 0 aliphatic rings. The van der Waals surface area contributed by atoms with E-state index in [4.69, 9.17) is 17.3 Å². The van der Waals surface area contributed by atoms with E-state index in [9.17, 15) is 4.79 Å². The van der Waals surface area contributed by atoms with Crippen LogP contribution in [0.2, 0.25) is 0 Å². The summed E-state index contributed by atoms with van der Waals surface area (Å²) in [6.45, 7) is 0. The monoisotopic (exact) mass is 232 g/mol. The lowest BCUT2D eigenvalue weighted by atomic mass is 10.1. The van der Waals surface area contributed by atoms with Crippen LogP contribution in [0.25, 0.3) is 11.3 Å². The minimum atomic E-state index is -1.03. The van der Waals surface area contributed by atoms with Gasteiger partial charge < -0.3 is 10.1 Å². The predicted octanol–water partition coefficient (Wildman–Crippen LogP) is 2.50. The molecule has 4 nitrogen and oxygen atoms in total. The number of rotatable bonds is 2. The van der Waals surface area contributed by atoms with Crippen LogP contribution in [0.1, 0.15) is 10.4 Å². The van der Waals surface area contributed by atoms with E-state index in [1.165, 1.54) is 6.20 Å². The Morgan fingerprint density at radius 1 is 1.31 bits per heavy atom. The molecule has 0 atom stereocenters. The van der Waals surface area contributed by atoms with E-state index >= 15 is 0 Å². The summed E-state index contributed by atoms with van der Waals surface area (Å²) in [5, 5.41) is 9.02. The maximum absolute atomic E-state index is 11.0. The van der Waals surface area contributed by atoms with Crippen molar-refractivity contribution >= 4 is 18.2 Å². The summed E-state index contributed by atoms with van der Waals surface area (Å²) in [5.41, 5.74) is 1.36. The first-order chi connectivity index (χ1) is 7.68. The zero-order valence-electron chi connectivity index (χ0n) is 8.18. The van der Waals surface area contributed by atoms with Crippen LogP contribution in [-0.4, -0.2) is 21.0 Å². The Kier molecular flexibility index (Phi) is 2.78. The molecule has 0 bridgehead atoms. The smallest absolute Gasteiger partial charge is 0.339 e. The molecule has 2 rings (SSSR count). The Morgan fingerprint density at radius 3 is 2.62 bits per heavy atom. The second kappa shape index (κ2) is 4.24. The first kappa shape index (κ1) is 10.5. The van der Waals surface area contributed by atoms with Gasteiger partial charge in [0.2, 0.25) is 0 Å². The zero-order chi connectivity index (χ0) is 11.5. The maximum Gasteiger partial charge on any atom is 0.339 e. The van der Waals surface area contributed by atoms with Crippen molar-refractivity contribution in [1.29, 1.82) is 0 Å². The topological polar surface area (TPSA) is 66.0 Å². The Morgan fingerprint density at radius 2 is 2.00 bits per heavy atom. The second-order valence-electron chi connectivity index (χ2n) is 3.15. The lowest BCUT2D eigenvalue weighted by Gasteiger charge is -2.05. The lowest BCUT2D eigenvalue weighted by molar-refractivity contribution is 0.0697.